The van der Waals surface area contributed by atoms with Crippen molar-refractivity contribution in [3.05, 3.63) is 82.9 Å². The monoisotopic (exact) mass is 402 g/mol. The van der Waals surface area contributed by atoms with Crippen molar-refractivity contribution in [2.24, 2.45) is 0 Å². The van der Waals surface area contributed by atoms with Gasteiger partial charge in [0.15, 0.2) is 0 Å². The Labute approximate surface area is 177 Å². The first-order chi connectivity index (χ1) is 14.5. The molecular formula is C26H26O4. The third kappa shape index (κ3) is 4.18. The number of carbonyl (C=O) groups is 1. The Morgan fingerprint density at radius 3 is 2.63 bits per heavy atom. The second-order valence-electron chi connectivity index (χ2n) is 7.80. The summed E-state index contributed by atoms with van der Waals surface area (Å²) in [5.74, 6) is 0.863. The normalized spacial score (nSPS) is 14.8. The molecule has 0 amide bonds. The molecule has 4 rings (SSSR count). The molecule has 4 heteroatoms. The summed E-state index contributed by atoms with van der Waals surface area (Å²) in [6.45, 7) is 2.63. The molecule has 1 aliphatic heterocycles. The highest BCUT2D eigenvalue weighted by Crippen LogP contribution is 2.37. The lowest BCUT2D eigenvalue weighted by Crippen LogP contribution is -2.07. The summed E-state index contributed by atoms with van der Waals surface area (Å²) in [7, 11) is 1.68. The van der Waals surface area contributed by atoms with Crippen LogP contribution >= 0.6 is 0 Å². The van der Waals surface area contributed by atoms with Crippen LogP contribution in [0.4, 0.5) is 0 Å². The molecule has 0 saturated carbocycles. The van der Waals surface area contributed by atoms with Gasteiger partial charge in [0, 0.05) is 11.5 Å². The average Bonchev–Trinajstić information content (AvgIpc) is 3.14. The zero-order chi connectivity index (χ0) is 21.1. The van der Waals surface area contributed by atoms with Gasteiger partial charge >= 0.3 is 5.97 Å². The Bertz CT molecular complexity index is 1050. The minimum Gasteiger partial charge on any atom is -0.497 e. The van der Waals surface area contributed by atoms with Crippen LogP contribution in [-0.4, -0.2) is 24.8 Å². The van der Waals surface area contributed by atoms with Crippen molar-refractivity contribution >= 4 is 5.97 Å². The van der Waals surface area contributed by atoms with E-state index in [1.54, 1.807) is 7.11 Å². The number of rotatable bonds is 7. The van der Waals surface area contributed by atoms with Crippen LogP contribution in [0.15, 0.2) is 60.7 Å². The molecule has 4 nitrogen and oxygen atoms in total. The first kappa shape index (κ1) is 20.0. The summed E-state index contributed by atoms with van der Waals surface area (Å²) in [5, 5.41) is 9.06. The van der Waals surface area contributed by atoms with Crippen molar-refractivity contribution in [1.82, 2.24) is 0 Å². The van der Waals surface area contributed by atoms with Crippen LogP contribution in [0.2, 0.25) is 0 Å². The summed E-state index contributed by atoms with van der Waals surface area (Å²) in [6.07, 6.45) is 1.96. The van der Waals surface area contributed by atoms with Crippen LogP contribution < -0.4 is 9.47 Å². The van der Waals surface area contributed by atoms with Gasteiger partial charge in [0.25, 0.3) is 0 Å². The number of fused-ring (bicyclic) bond motifs is 1. The smallest absolute Gasteiger partial charge is 0.304 e. The van der Waals surface area contributed by atoms with Gasteiger partial charge < -0.3 is 14.6 Å². The number of hydrogen-bond donors (Lipinski definition) is 1. The van der Waals surface area contributed by atoms with Crippen LogP contribution in [0.25, 0.3) is 11.1 Å². The lowest BCUT2D eigenvalue weighted by molar-refractivity contribution is -0.137. The van der Waals surface area contributed by atoms with Gasteiger partial charge in [-0.15, -0.1) is 0 Å². The predicted molar refractivity (Wildman–Crippen MR) is 118 cm³/mol. The lowest BCUT2D eigenvalue weighted by Gasteiger charge is -2.13. The van der Waals surface area contributed by atoms with E-state index in [0.29, 0.717) is 6.61 Å². The van der Waals surface area contributed by atoms with Gasteiger partial charge in [-0.25, -0.2) is 0 Å². The van der Waals surface area contributed by atoms with Crippen molar-refractivity contribution in [3.63, 3.8) is 0 Å². The maximum absolute atomic E-state index is 11.0. The van der Waals surface area contributed by atoms with E-state index in [0.717, 1.165) is 29.9 Å². The quantitative estimate of drug-likeness (QED) is 0.574. The van der Waals surface area contributed by atoms with E-state index in [4.69, 9.17) is 14.6 Å². The molecule has 1 atom stereocenters. The minimum absolute atomic E-state index is 0.0463. The SMILES string of the molecule is COc1ccc(-c2cccc(CCc3ccc4c(c3)OC[C@H]4CC(=O)O)c2C)cc1. The van der Waals surface area contributed by atoms with Gasteiger partial charge in [-0.1, -0.05) is 42.5 Å². The number of ether oxygens (including phenoxy) is 2. The third-order valence-corrected chi connectivity index (χ3v) is 5.91. The fraction of sp³-hybridized carbons (Fsp3) is 0.269. The van der Waals surface area contributed by atoms with Gasteiger partial charge in [0.1, 0.15) is 11.5 Å². The molecule has 3 aromatic carbocycles. The van der Waals surface area contributed by atoms with Crippen molar-refractivity contribution in [3.8, 4) is 22.6 Å². The summed E-state index contributed by atoms with van der Waals surface area (Å²) in [6, 6.07) is 20.8. The number of hydrogen-bond acceptors (Lipinski definition) is 3. The lowest BCUT2D eigenvalue weighted by atomic mass is 9.92. The van der Waals surface area contributed by atoms with Gasteiger partial charge in [0.05, 0.1) is 20.1 Å². The Balaban J connectivity index is 1.49. The molecule has 3 aromatic rings. The molecule has 154 valence electrons. The number of aryl methyl sites for hydroxylation is 2. The van der Waals surface area contributed by atoms with Gasteiger partial charge in [-0.2, -0.15) is 0 Å². The van der Waals surface area contributed by atoms with Crippen molar-refractivity contribution in [2.75, 3.05) is 13.7 Å². The molecule has 0 radical (unpaired) electrons. The van der Waals surface area contributed by atoms with E-state index in [-0.39, 0.29) is 12.3 Å². The highest BCUT2D eigenvalue weighted by Gasteiger charge is 2.26. The van der Waals surface area contributed by atoms with Crippen LogP contribution in [0, 0.1) is 6.92 Å². The summed E-state index contributed by atoms with van der Waals surface area (Å²) in [5.41, 5.74) is 7.27. The van der Waals surface area contributed by atoms with Gasteiger partial charge in [0.2, 0.25) is 0 Å². The molecule has 30 heavy (non-hydrogen) atoms. The summed E-state index contributed by atoms with van der Waals surface area (Å²) >= 11 is 0. The molecule has 0 unspecified atom stereocenters. The van der Waals surface area contributed by atoms with Crippen LogP contribution in [-0.2, 0) is 17.6 Å². The van der Waals surface area contributed by atoms with E-state index in [2.05, 4.69) is 49.4 Å². The van der Waals surface area contributed by atoms with Crippen LogP contribution in [0.3, 0.4) is 0 Å². The molecule has 0 saturated heterocycles. The molecule has 0 fully saturated rings. The highest BCUT2D eigenvalue weighted by atomic mass is 16.5. The van der Waals surface area contributed by atoms with Gasteiger partial charge in [-0.3, -0.25) is 4.79 Å². The second-order valence-corrected chi connectivity index (χ2v) is 7.80. The molecule has 1 aliphatic rings. The average molecular weight is 402 g/mol. The van der Waals surface area contributed by atoms with Crippen molar-refractivity contribution in [1.29, 1.82) is 0 Å². The van der Waals surface area contributed by atoms with Crippen molar-refractivity contribution in [2.45, 2.75) is 32.1 Å². The Morgan fingerprint density at radius 1 is 1.10 bits per heavy atom. The fourth-order valence-electron chi connectivity index (χ4n) is 4.17. The van der Waals surface area contributed by atoms with Crippen LogP contribution in [0.1, 0.15) is 34.6 Å². The van der Waals surface area contributed by atoms with E-state index < -0.39 is 5.97 Å². The third-order valence-electron chi connectivity index (χ3n) is 5.91. The van der Waals surface area contributed by atoms with E-state index in [1.165, 1.54) is 27.8 Å². The Hall–Kier alpha value is -3.27. The predicted octanol–water partition coefficient (Wildman–Crippen LogP) is 5.41. The highest BCUT2D eigenvalue weighted by molar-refractivity contribution is 5.69. The molecule has 1 N–H and O–H groups in total. The molecular weight excluding hydrogens is 376 g/mol. The Morgan fingerprint density at radius 2 is 1.90 bits per heavy atom. The van der Waals surface area contributed by atoms with Gasteiger partial charge in [-0.05, 0) is 65.8 Å². The molecule has 0 bridgehead atoms. The Kier molecular flexibility index (Phi) is 5.75. The van der Waals surface area contributed by atoms with E-state index >= 15 is 0 Å². The van der Waals surface area contributed by atoms with E-state index in [9.17, 15) is 4.79 Å². The first-order valence-corrected chi connectivity index (χ1v) is 10.3. The summed E-state index contributed by atoms with van der Waals surface area (Å²) < 4.78 is 11.0. The maximum Gasteiger partial charge on any atom is 0.304 e. The fourth-order valence-corrected chi connectivity index (χ4v) is 4.17. The summed E-state index contributed by atoms with van der Waals surface area (Å²) in [4.78, 5) is 11.0. The van der Waals surface area contributed by atoms with Crippen molar-refractivity contribution < 1.29 is 19.4 Å². The zero-order valence-corrected chi connectivity index (χ0v) is 17.4. The number of benzene rings is 3. The maximum atomic E-state index is 11.0. The largest absolute Gasteiger partial charge is 0.497 e. The standard InChI is InChI=1S/C26H26O4/c1-17-19(4-3-5-23(17)20-9-11-22(29-2)12-10-20)8-6-18-7-13-24-21(15-26(27)28)16-30-25(24)14-18/h3-5,7,9-14,21H,6,8,15-16H2,1-2H3,(H,27,28)/t21-/m1/s1. The minimum atomic E-state index is -0.784. The second kappa shape index (κ2) is 8.62. The number of aliphatic carboxylic acids is 1. The number of carboxylic acids is 1. The molecule has 0 aromatic heterocycles. The van der Waals surface area contributed by atoms with E-state index in [1.807, 2.05) is 18.2 Å². The number of carboxylic acid groups (broad SMARTS) is 1. The van der Waals surface area contributed by atoms with Crippen LogP contribution in [0.5, 0.6) is 11.5 Å². The molecule has 0 aliphatic carbocycles. The molecule has 1 heterocycles. The first-order valence-electron chi connectivity index (χ1n) is 10.3. The molecule has 0 spiro atoms. The number of methoxy groups -OCH3 is 1. The zero-order valence-electron chi connectivity index (χ0n) is 17.4. The topological polar surface area (TPSA) is 55.8 Å².